The minimum atomic E-state index is -1.51. The summed E-state index contributed by atoms with van der Waals surface area (Å²) in [7, 11) is 0. The molecule has 0 aliphatic rings. The van der Waals surface area contributed by atoms with E-state index in [0.29, 0.717) is 6.42 Å². The van der Waals surface area contributed by atoms with Gasteiger partial charge < -0.3 is 15.7 Å². The first kappa shape index (κ1) is 24.5. The fourth-order valence-electron chi connectivity index (χ4n) is 3.31. The van der Waals surface area contributed by atoms with Crippen LogP contribution in [0.25, 0.3) is 0 Å². The molecule has 2 atom stereocenters. The van der Waals surface area contributed by atoms with Gasteiger partial charge in [0.05, 0.1) is 0 Å². The Kier molecular flexibility index (Phi) is 9.12. The van der Waals surface area contributed by atoms with Crippen LogP contribution in [0.4, 0.5) is 0 Å². The summed E-state index contributed by atoms with van der Waals surface area (Å²) in [5.41, 5.74) is 1.81. The molecule has 0 fully saturated rings. The zero-order chi connectivity index (χ0) is 22.9. The Bertz CT molecular complexity index is 874. The van der Waals surface area contributed by atoms with Crippen LogP contribution in [0.15, 0.2) is 60.7 Å². The molecular formula is C24H30N2O4S. The molecule has 0 spiro atoms. The van der Waals surface area contributed by atoms with Crippen LogP contribution < -0.4 is 10.6 Å². The molecule has 0 saturated carbocycles. The van der Waals surface area contributed by atoms with Crippen LogP contribution in [0.5, 0.6) is 0 Å². The monoisotopic (exact) mass is 442 g/mol. The molecule has 2 amide bonds. The van der Waals surface area contributed by atoms with Gasteiger partial charge >= 0.3 is 5.97 Å². The standard InChI is InChI=1S/C24H30N2O4S/c1-17(2)16-24(31,26-21(27)14-13-18-9-5-3-6-10-18)23(30)25-20(22(28)29)15-19-11-7-4-8-12-19/h3-12,17,20,31H,13-16H2,1-2H3,(H,25,30)(H,26,27)(H,28,29)/t20-,24+/m0/s1. The summed E-state index contributed by atoms with van der Waals surface area (Å²) in [5.74, 6) is -2.03. The van der Waals surface area contributed by atoms with Crippen molar-refractivity contribution in [2.45, 2.75) is 50.4 Å². The number of carboxylic acids is 1. The van der Waals surface area contributed by atoms with Crippen molar-refractivity contribution < 1.29 is 19.5 Å². The number of aliphatic carboxylic acids is 1. The zero-order valence-corrected chi connectivity index (χ0v) is 18.8. The molecule has 6 nitrogen and oxygen atoms in total. The third-order valence-electron chi connectivity index (χ3n) is 4.80. The first-order chi connectivity index (χ1) is 14.7. The van der Waals surface area contributed by atoms with Gasteiger partial charge in [-0.25, -0.2) is 4.79 Å². The number of carbonyl (C=O) groups is 3. The van der Waals surface area contributed by atoms with Crippen LogP contribution >= 0.6 is 12.6 Å². The summed E-state index contributed by atoms with van der Waals surface area (Å²) in [6, 6.07) is 17.5. The fraction of sp³-hybridized carbons (Fsp3) is 0.375. The van der Waals surface area contributed by atoms with Crippen molar-refractivity contribution in [2.75, 3.05) is 0 Å². The van der Waals surface area contributed by atoms with Crippen molar-refractivity contribution in [3.63, 3.8) is 0 Å². The van der Waals surface area contributed by atoms with E-state index in [-0.39, 0.29) is 31.1 Å². The third-order valence-corrected chi connectivity index (χ3v) is 5.29. The number of carbonyl (C=O) groups excluding carboxylic acids is 2. The van der Waals surface area contributed by atoms with Gasteiger partial charge in [-0.2, -0.15) is 0 Å². The Morgan fingerprint density at radius 1 is 0.968 bits per heavy atom. The molecule has 31 heavy (non-hydrogen) atoms. The molecular weight excluding hydrogens is 412 g/mol. The highest BCUT2D eigenvalue weighted by Gasteiger charge is 2.38. The maximum Gasteiger partial charge on any atom is 0.326 e. The number of aryl methyl sites for hydroxylation is 1. The first-order valence-corrected chi connectivity index (χ1v) is 10.8. The number of hydrogen-bond acceptors (Lipinski definition) is 4. The van der Waals surface area contributed by atoms with Crippen LogP contribution in [0, 0.1) is 5.92 Å². The Labute approximate surface area is 188 Å². The van der Waals surface area contributed by atoms with E-state index in [1.165, 1.54) is 0 Å². The lowest BCUT2D eigenvalue weighted by molar-refractivity contribution is -0.142. The summed E-state index contributed by atoms with van der Waals surface area (Å²) in [4.78, 5) is 35.9. The molecule has 2 rings (SSSR count). The molecule has 7 heteroatoms. The zero-order valence-electron chi connectivity index (χ0n) is 17.9. The van der Waals surface area contributed by atoms with Crippen molar-refractivity contribution in [1.29, 1.82) is 0 Å². The lowest BCUT2D eigenvalue weighted by Crippen LogP contribution is -2.59. The SMILES string of the molecule is CC(C)C[C@](S)(NC(=O)CCc1ccccc1)C(=O)N[C@@H](Cc1ccccc1)C(=O)O. The van der Waals surface area contributed by atoms with Crippen LogP contribution in [-0.2, 0) is 27.2 Å². The number of nitrogens with one attached hydrogen (secondary N) is 2. The topological polar surface area (TPSA) is 95.5 Å². The van der Waals surface area contributed by atoms with Gasteiger partial charge in [-0.1, -0.05) is 74.5 Å². The molecule has 0 saturated heterocycles. The van der Waals surface area contributed by atoms with Crippen LogP contribution in [0.1, 0.15) is 37.8 Å². The summed E-state index contributed by atoms with van der Waals surface area (Å²) in [5, 5.41) is 14.9. The second kappa shape index (κ2) is 11.6. The van der Waals surface area contributed by atoms with E-state index >= 15 is 0 Å². The third kappa shape index (κ3) is 8.09. The lowest BCUT2D eigenvalue weighted by atomic mass is 10.00. The minimum Gasteiger partial charge on any atom is -0.480 e. The van der Waals surface area contributed by atoms with Gasteiger partial charge in [-0.05, 0) is 29.9 Å². The first-order valence-electron chi connectivity index (χ1n) is 10.3. The maximum atomic E-state index is 13.0. The molecule has 0 bridgehead atoms. The van der Waals surface area contributed by atoms with Crippen molar-refractivity contribution in [1.82, 2.24) is 10.6 Å². The summed E-state index contributed by atoms with van der Waals surface area (Å²) in [6.07, 6.45) is 1.13. The predicted molar refractivity (Wildman–Crippen MR) is 124 cm³/mol. The molecule has 0 aliphatic carbocycles. The maximum absolute atomic E-state index is 13.0. The Hall–Kier alpha value is -2.80. The van der Waals surface area contributed by atoms with E-state index in [9.17, 15) is 19.5 Å². The van der Waals surface area contributed by atoms with E-state index in [2.05, 4.69) is 23.3 Å². The van der Waals surface area contributed by atoms with Crippen molar-refractivity contribution in [3.05, 3.63) is 71.8 Å². The van der Waals surface area contributed by atoms with E-state index < -0.39 is 22.8 Å². The second-order valence-electron chi connectivity index (χ2n) is 8.05. The summed E-state index contributed by atoms with van der Waals surface area (Å²) >= 11 is 4.50. The lowest BCUT2D eigenvalue weighted by Gasteiger charge is -2.31. The second-order valence-corrected chi connectivity index (χ2v) is 8.81. The van der Waals surface area contributed by atoms with Gasteiger partial charge in [0.25, 0.3) is 5.91 Å². The fourth-order valence-corrected chi connectivity index (χ4v) is 3.87. The number of rotatable bonds is 11. The molecule has 0 aliphatic heterocycles. The molecule has 166 valence electrons. The average molecular weight is 443 g/mol. The molecule has 2 aromatic rings. The van der Waals surface area contributed by atoms with Gasteiger partial charge in [0.2, 0.25) is 5.91 Å². The molecule has 2 aromatic carbocycles. The van der Waals surface area contributed by atoms with E-state index in [4.69, 9.17) is 0 Å². The van der Waals surface area contributed by atoms with Crippen LogP contribution in [-0.4, -0.2) is 33.8 Å². The van der Waals surface area contributed by atoms with Gasteiger partial charge in [-0.3, -0.25) is 9.59 Å². The minimum absolute atomic E-state index is 0.0510. The Balaban J connectivity index is 2.07. The highest BCUT2D eigenvalue weighted by Crippen LogP contribution is 2.23. The Morgan fingerprint density at radius 3 is 2.03 bits per heavy atom. The predicted octanol–water partition coefficient (Wildman–Crippen LogP) is 3.22. The van der Waals surface area contributed by atoms with Gasteiger partial charge in [0, 0.05) is 12.8 Å². The van der Waals surface area contributed by atoms with E-state index in [1.54, 1.807) is 12.1 Å². The van der Waals surface area contributed by atoms with Gasteiger partial charge in [0.1, 0.15) is 6.04 Å². The van der Waals surface area contributed by atoms with Crippen molar-refractivity contribution in [3.8, 4) is 0 Å². The van der Waals surface area contributed by atoms with Gasteiger partial charge in [0.15, 0.2) is 4.87 Å². The number of amides is 2. The normalized spacial score (nSPS) is 13.8. The van der Waals surface area contributed by atoms with Crippen LogP contribution in [0.2, 0.25) is 0 Å². The van der Waals surface area contributed by atoms with Crippen molar-refractivity contribution in [2.24, 2.45) is 5.92 Å². The van der Waals surface area contributed by atoms with Crippen molar-refractivity contribution >= 4 is 30.4 Å². The molecule has 0 heterocycles. The van der Waals surface area contributed by atoms with E-state index in [1.807, 2.05) is 62.4 Å². The number of thiol groups is 1. The summed E-state index contributed by atoms with van der Waals surface area (Å²) < 4.78 is 0. The largest absolute Gasteiger partial charge is 0.480 e. The quantitative estimate of drug-likeness (QED) is 0.317. The molecule has 0 radical (unpaired) electrons. The molecule has 0 aromatic heterocycles. The highest BCUT2D eigenvalue weighted by molar-refractivity contribution is 7.82. The number of benzene rings is 2. The summed E-state index contributed by atoms with van der Waals surface area (Å²) in [6.45, 7) is 3.82. The average Bonchev–Trinajstić information content (AvgIpc) is 2.72. The molecule has 0 unspecified atom stereocenters. The van der Waals surface area contributed by atoms with Gasteiger partial charge in [-0.15, -0.1) is 12.6 Å². The smallest absolute Gasteiger partial charge is 0.326 e. The number of carboxylic acid groups (broad SMARTS) is 1. The highest BCUT2D eigenvalue weighted by atomic mass is 32.1. The van der Waals surface area contributed by atoms with E-state index in [0.717, 1.165) is 11.1 Å². The number of hydrogen-bond donors (Lipinski definition) is 4. The van der Waals surface area contributed by atoms with Crippen LogP contribution in [0.3, 0.4) is 0 Å². The Morgan fingerprint density at radius 2 is 1.52 bits per heavy atom. The molecule has 3 N–H and O–H groups in total.